The molecule has 0 bridgehead atoms. The van der Waals surface area contributed by atoms with Crippen molar-refractivity contribution in [3.63, 3.8) is 0 Å². The lowest BCUT2D eigenvalue weighted by molar-refractivity contribution is -0.131. The van der Waals surface area contributed by atoms with Crippen LogP contribution >= 0.6 is 0 Å². The van der Waals surface area contributed by atoms with Gasteiger partial charge in [-0.2, -0.15) is 0 Å². The Balaban J connectivity index is 1.62. The molecular weight excluding hydrogens is 375 g/mol. The van der Waals surface area contributed by atoms with Gasteiger partial charge in [-0.25, -0.2) is 9.18 Å². The van der Waals surface area contributed by atoms with E-state index in [1.54, 1.807) is 48.5 Å². The summed E-state index contributed by atoms with van der Waals surface area (Å²) in [7, 11) is 0. The van der Waals surface area contributed by atoms with Gasteiger partial charge in [0.25, 0.3) is 0 Å². The summed E-state index contributed by atoms with van der Waals surface area (Å²) in [4.78, 5) is 35.1. The van der Waals surface area contributed by atoms with Crippen LogP contribution in [0.3, 0.4) is 0 Å². The lowest BCUT2D eigenvalue weighted by Crippen LogP contribution is -2.15. The van der Waals surface area contributed by atoms with E-state index in [1.807, 2.05) is 0 Å². The minimum Gasteiger partial charge on any atom is -0.454 e. The lowest BCUT2D eigenvalue weighted by atomic mass is 10.0. The van der Waals surface area contributed by atoms with Crippen LogP contribution in [0, 0.1) is 5.82 Å². The van der Waals surface area contributed by atoms with Gasteiger partial charge in [0, 0.05) is 6.92 Å². The summed E-state index contributed by atoms with van der Waals surface area (Å²) < 4.78 is 23.6. The fourth-order valence-corrected chi connectivity index (χ4v) is 2.66. The van der Waals surface area contributed by atoms with Crippen molar-refractivity contribution in [2.75, 3.05) is 6.61 Å². The largest absolute Gasteiger partial charge is 0.454 e. The molecule has 0 saturated carbocycles. The van der Waals surface area contributed by atoms with E-state index >= 15 is 0 Å². The van der Waals surface area contributed by atoms with E-state index in [0.29, 0.717) is 5.75 Å². The van der Waals surface area contributed by atoms with Gasteiger partial charge in [-0.05, 0) is 47.5 Å². The minimum atomic E-state index is -0.675. The molecule has 0 aliphatic rings. The number of halogens is 1. The van der Waals surface area contributed by atoms with E-state index < -0.39 is 30.1 Å². The maximum Gasteiger partial charge on any atom is 0.338 e. The Morgan fingerprint density at radius 1 is 0.828 bits per heavy atom. The van der Waals surface area contributed by atoms with Crippen molar-refractivity contribution < 1.29 is 28.2 Å². The molecule has 0 N–H and O–H groups in total. The van der Waals surface area contributed by atoms with Crippen LogP contribution in [0.25, 0.3) is 11.1 Å². The zero-order valence-electron chi connectivity index (χ0n) is 15.6. The van der Waals surface area contributed by atoms with E-state index in [0.717, 1.165) is 11.1 Å². The predicted molar refractivity (Wildman–Crippen MR) is 104 cm³/mol. The first-order valence-electron chi connectivity index (χ1n) is 8.78. The quantitative estimate of drug-likeness (QED) is 0.352. The molecule has 5 nitrogen and oxygen atoms in total. The van der Waals surface area contributed by atoms with E-state index in [9.17, 15) is 18.8 Å². The highest BCUT2D eigenvalue weighted by Crippen LogP contribution is 2.23. The molecule has 6 heteroatoms. The topological polar surface area (TPSA) is 69.7 Å². The van der Waals surface area contributed by atoms with Crippen LogP contribution in [0.2, 0.25) is 0 Å². The molecule has 3 aromatic carbocycles. The number of ether oxygens (including phenoxy) is 2. The molecule has 0 aliphatic carbocycles. The number of Topliss-reactive ketones (excluding diaryl/α,β-unsaturated/α-hetero) is 1. The summed E-state index contributed by atoms with van der Waals surface area (Å²) in [6.07, 6.45) is 0. The number of carbonyl (C=O) groups is 3. The van der Waals surface area contributed by atoms with E-state index in [-0.39, 0.29) is 11.1 Å². The zero-order valence-corrected chi connectivity index (χ0v) is 15.6. The van der Waals surface area contributed by atoms with Gasteiger partial charge in [-0.1, -0.05) is 36.4 Å². The van der Waals surface area contributed by atoms with Crippen molar-refractivity contribution in [2.24, 2.45) is 0 Å². The van der Waals surface area contributed by atoms with E-state index in [1.165, 1.54) is 31.2 Å². The maximum absolute atomic E-state index is 13.6. The van der Waals surface area contributed by atoms with E-state index in [4.69, 9.17) is 9.47 Å². The molecule has 0 heterocycles. The first-order chi connectivity index (χ1) is 13.9. The summed E-state index contributed by atoms with van der Waals surface area (Å²) in [6.45, 7) is 0.786. The van der Waals surface area contributed by atoms with Crippen LogP contribution in [0.15, 0.2) is 72.8 Å². The third-order valence-electron chi connectivity index (χ3n) is 4.08. The molecule has 0 spiro atoms. The molecular formula is C23H17FO5. The Kier molecular flexibility index (Phi) is 6.14. The van der Waals surface area contributed by atoms with Crippen molar-refractivity contribution in [2.45, 2.75) is 6.92 Å². The first kappa shape index (κ1) is 19.9. The highest BCUT2D eigenvalue weighted by Gasteiger charge is 2.15. The third-order valence-corrected chi connectivity index (χ3v) is 4.08. The first-order valence-corrected chi connectivity index (χ1v) is 8.78. The van der Waals surface area contributed by atoms with Crippen LogP contribution in [0.1, 0.15) is 27.6 Å². The lowest BCUT2D eigenvalue weighted by Gasteiger charge is -2.07. The summed E-state index contributed by atoms with van der Waals surface area (Å²) >= 11 is 0. The van der Waals surface area contributed by atoms with Gasteiger partial charge in [0.2, 0.25) is 5.78 Å². The summed E-state index contributed by atoms with van der Waals surface area (Å²) in [5, 5.41) is 0. The fourth-order valence-electron chi connectivity index (χ4n) is 2.66. The fraction of sp³-hybridized carbons (Fsp3) is 0.0870. The van der Waals surface area contributed by atoms with Crippen LogP contribution in [0.4, 0.5) is 4.39 Å². The highest BCUT2D eigenvalue weighted by atomic mass is 19.1. The molecule has 0 radical (unpaired) electrons. The molecule has 29 heavy (non-hydrogen) atoms. The second-order valence-electron chi connectivity index (χ2n) is 6.17. The van der Waals surface area contributed by atoms with Gasteiger partial charge < -0.3 is 9.47 Å². The normalized spacial score (nSPS) is 10.3. The molecule has 3 aromatic rings. The van der Waals surface area contributed by atoms with Gasteiger partial charge in [-0.3, -0.25) is 9.59 Å². The molecule has 0 aliphatic heterocycles. The number of hydrogen-bond donors (Lipinski definition) is 0. The molecule has 0 atom stereocenters. The zero-order chi connectivity index (χ0) is 20.8. The number of esters is 2. The maximum atomic E-state index is 13.6. The Bertz CT molecular complexity index is 1040. The summed E-state index contributed by atoms with van der Waals surface area (Å²) in [5.74, 6) is -1.89. The predicted octanol–water partition coefficient (Wildman–Crippen LogP) is 4.46. The molecule has 0 unspecified atom stereocenters. The molecule has 0 fully saturated rings. The summed E-state index contributed by atoms with van der Waals surface area (Å²) in [5.41, 5.74) is 1.87. The second-order valence-corrected chi connectivity index (χ2v) is 6.17. The Hall–Kier alpha value is -3.80. The smallest absolute Gasteiger partial charge is 0.338 e. The number of ketones is 1. The molecule has 0 amide bonds. The van der Waals surface area contributed by atoms with Crippen molar-refractivity contribution in [3.05, 3.63) is 89.7 Å². The average Bonchev–Trinajstić information content (AvgIpc) is 2.72. The number of carbonyl (C=O) groups excluding carboxylic acids is 3. The Morgan fingerprint density at radius 2 is 1.41 bits per heavy atom. The monoisotopic (exact) mass is 392 g/mol. The minimum absolute atomic E-state index is 0.118. The van der Waals surface area contributed by atoms with Gasteiger partial charge in [0.15, 0.2) is 6.61 Å². The van der Waals surface area contributed by atoms with Crippen molar-refractivity contribution in [1.29, 1.82) is 0 Å². The second kappa shape index (κ2) is 8.93. The Morgan fingerprint density at radius 3 is 2.00 bits per heavy atom. The molecule has 0 aromatic heterocycles. The van der Waals surface area contributed by atoms with Crippen LogP contribution < -0.4 is 4.74 Å². The third kappa shape index (κ3) is 5.13. The molecule has 146 valence electrons. The van der Waals surface area contributed by atoms with Gasteiger partial charge in [0.1, 0.15) is 11.6 Å². The highest BCUT2D eigenvalue weighted by molar-refractivity contribution is 5.99. The SMILES string of the molecule is CC(=O)Oc1ccc(-c2ccc(C(=O)OCC(=O)c3ccccc3F)cc2)cc1. The summed E-state index contributed by atoms with van der Waals surface area (Å²) in [6, 6.07) is 19.1. The van der Waals surface area contributed by atoms with Crippen molar-refractivity contribution >= 4 is 17.7 Å². The average molecular weight is 392 g/mol. The molecule has 0 saturated heterocycles. The van der Waals surface area contributed by atoms with Gasteiger partial charge >= 0.3 is 11.9 Å². The van der Waals surface area contributed by atoms with E-state index in [2.05, 4.69) is 0 Å². The van der Waals surface area contributed by atoms with Crippen LogP contribution in [-0.2, 0) is 9.53 Å². The van der Waals surface area contributed by atoms with Gasteiger partial charge in [0.05, 0.1) is 11.1 Å². The number of hydrogen-bond acceptors (Lipinski definition) is 5. The number of rotatable bonds is 6. The van der Waals surface area contributed by atoms with Crippen LogP contribution in [-0.4, -0.2) is 24.3 Å². The van der Waals surface area contributed by atoms with Crippen molar-refractivity contribution in [3.8, 4) is 16.9 Å². The van der Waals surface area contributed by atoms with Gasteiger partial charge in [-0.15, -0.1) is 0 Å². The Labute approximate surface area is 166 Å². The standard InChI is InChI=1S/C23H17FO5/c1-15(25)29-19-12-10-17(11-13-19)16-6-8-18(9-7-16)23(27)28-14-22(26)20-4-2-3-5-21(20)24/h2-13H,14H2,1H3. The number of benzene rings is 3. The van der Waals surface area contributed by atoms with Crippen molar-refractivity contribution in [1.82, 2.24) is 0 Å². The van der Waals surface area contributed by atoms with Crippen LogP contribution in [0.5, 0.6) is 5.75 Å². The molecule has 3 rings (SSSR count).